The van der Waals surface area contributed by atoms with Crippen molar-refractivity contribution in [2.45, 2.75) is 30.7 Å². The molecule has 1 fully saturated rings. The summed E-state index contributed by atoms with van der Waals surface area (Å²) in [5.74, 6) is 1.52. The molecule has 0 aliphatic heterocycles. The quantitative estimate of drug-likeness (QED) is 0.598. The smallest absolute Gasteiger partial charge is 0.252 e. The van der Waals surface area contributed by atoms with Crippen LogP contribution in [-0.4, -0.2) is 20.9 Å². The number of nitrogens with one attached hydrogen (secondary N) is 1. The van der Waals surface area contributed by atoms with E-state index in [2.05, 4.69) is 45.0 Å². The fourth-order valence-electron chi connectivity index (χ4n) is 3.10. The predicted octanol–water partition coefficient (Wildman–Crippen LogP) is 4.28. The number of allylic oxidation sites excluding steroid dienone is 1. The first-order valence-corrected chi connectivity index (χ1v) is 10.4. The maximum absolute atomic E-state index is 12.4. The molecular weight excluding hydrogens is 388 g/mol. The first-order valence-electron chi connectivity index (χ1n) is 9.06. The predicted molar refractivity (Wildman–Crippen MR) is 114 cm³/mol. The fourth-order valence-corrected chi connectivity index (χ4v) is 4.50. The zero-order chi connectivity index (χ0) is 19.5. The number of nitrogens with zero attached hydrogens (tertiary/aromatic N) is 3. The summed E-state index contributed by atoms with van der Waals surface area (Å²) in [7, 11) is 0. The molecule has 0 aromatic carbocycles. The molecule has 0 bridgehead atoms. The van der Waals surface area contributed by atoms with Gasteiger partial charge in [-0.15, -0.1) is 24.0 Å². The Balaban J connectivity index is 1.35. The third-order valence-corrected chi connectivity index (χ3v) is 6.21. The van der Waals surface area contributed by atoms with Gasteiger partial charge in [0.2, 0.25) is 0 Å². The van der Waals surface area contributed by atoms with E-state index in [4.69, 9.17) is 0 Å². The van der Waals surface area contributed by atoms with E-state index in [0.717, 1.165) is 22.4 Å². The van der Waals surface area contributed by atoms with Gasteiger partial charge in [-0.25, -0.2) is 9.97 Å². The van der Waals surface area contributed by atoms with Crippen molar-refractivity contribution in [1.82, 2.24) is 20.3 Å². The van der Waals surface area contributed by atoms with Crippen LogP contribution >= 0.6 is 24.0 Å². The van der Waals surface area contributed by atoms with E-state index in [1.807, 2.05) is 24.6 Å². The Morgan fingerprint density at radius 3 is 2.96 bits per heavy atom. The molecule has 142 valence electrons. The van der Waals surface area contributed by atoms with Crippen LogP contribution in [0.2, 0.25) is 0 Å². The molecule has 4 rings (SSSR count). The molecule has 3 aromatic heterocycles. The zero-order valence-electron chi connectivity index (χ0n) is 15.4. The SMILES string of the molecule is Cc1cncc(S)c1/C=C/C1CC1c1cc(C(=O)NCc2ncccn2)cs1. The second-order valence-corrected chi connectivity index (χ2v) is 8.26. The summed E-state index contributed by atoms with van der Waals surface area (Å²) in [6.07, 6.45) is 12.5. The van der Waals surface area contributed by atoms with Crippen LogP contribution in [0.25, 0.3) is 6.08 Å². The van der Waals surface area contributed by atoms with Crippen molar-refractivity contribution in [2.75, 3.05) is 0 Å². The molecule has 0 spiro atoms. The van der Waals surface area contributed by atoms with Crippen LogP contribution in [0.3, 0.4) is 0 Å². The highest BCUT2D eigenvalue weighted by molar-refractivity contribution is 7.80. The number of aryl methyl sites for hydroxylation is 1. The van der Waals surface area contributed by atoms with Crippen molar-refractivity contribution >= 4 is 35.9 Å². The molecule has 0 saturated heterocycles. The molecule has 1 aliphatic carbocycles. The molecule has 1 aliphatic rings. The Bertz CT molecular complexity index is 996. The minimum atomic E-state index is -0.0881. The van der Waals surface area contributed by atoms with Gasteiger partial charge in [0.1, 0.15) is 5.82 Å². The number of rotatable bonds is 6. The van der Waals surface area contributed by atoms with Crippen LogP contribution in [-0.2, 0) is 6.54 Å². The number of pyridine rings is 1. The molecule has 3 aromatic rings. The minimum Gasteiger partial charge on any atom is -0.345 e. The molecule has 28 heavy (non-hydrogen) atoms. The van der Waals surface area contributed by atoms with E-state index in [9.17, 15) is 4.79 Å². The summed E-state index contributed by atoms with van der Waals surface area (Å²) in [5.41, 5.74) is 2.95. The van der Waals surface area contributed by atoms with Gasteiger partial charge in [0, 0.05) is 45.9 Å². The normalized spacial score (nSPS) is 18.4. The number of thiophene rings is 1. The van der Waals surface area contributed by atoms with Crippen molar-refractivity contribution in [3.8, 4) is 0 Å². The van der Waals surface area contributed by atoms with E-state index in [1.165, 1.54) is 4.88 Å². The monoisotopic (exact) mass is 408 g/mol. The first-order chi connectivity index (χ1) is 13.6. The van der Waals surface area contributed by atoms with Gasteiger partial charge in [0.05, 0.1) is 12.1 Å². The van der Waals surface area contributed by atoms with Gasteiger partial charge in [-0.2, -0.15) is 0 Å². The molecule has 3 heterocycles. The van der Waals surface area contributed by atoms with Gasteiger partial charge in [-0.3, -0.25) is 9.78 Å². The lowest BCUT2D eigenvalue weighted by Crippen LogP contribution is -2.23. The highest BCUT2D eigenvalue weighted by Gasteiger charge is 2.37. The van der Waals surface area contributed by atoms with E-state index in [1.54, 1.807) is 36.0 Å². The van der Waals surface area contributed by atoms with Crippen molar-refractivity contribution in [1.29, 1.82) is 0 Å². The van der Waals surface area contributed by atoms with Gasteiger partial charge in [0.15, 0.2) is 0 Å². The summed E-state index contributed by atoms with van der Waals surface area (Å²) in [6.45, 7) is 2.37. The number of amides is 1. The molecular formula is C21H20N4OS2. The second-order valence-electron chi connectivity index (χ2n) is 6.84. The lowest BCUT2D eigenvalue weighted by Gasteiger charge is -2.02. The standard InChI is InChI=1S/C21H20N4OS2/c1-13-9-22-10-18(27)16(13)4-3-14-7-17(14)19-8-15(12-28-19)21(26)25-11-20-23-5-2-6-24-20/h2-6,8-10,12,14,17,27H,7,11H2,1H3,(H,25,26)/b4-3+. The van der Waals surface area contributed by atoms with Crippen molar-refractivity contribution in [3.63, 3.8) is 0 Å². The number of hydrogen-bond donors (Lipinski definition) is 2. The summed E-state index contributed by atoms with van der Waals surface area (Å²) < 4.78 is 0. The van der Waals surface area contributed by atoms with Gasteiger partial charge < -0.3 is 5.32 Å². The van der Waals surface area contributed by atoms with Crippen LogP contribution in [0, 0.1) is 12.8 Å². The van der Waals surface area contributed by atoms with Crippen LogP contribution in [0.4, 0.5) is 0 Å². The average Bonchev–Trinajstić information content (AvgIpc) is 3.30. The molecule has 5 nitrogen and oxygen atoms in total. The van der Waals surface area contributed by atoms with E-state index >= 15 is 0 Å². The molecule has 2 atom stereocenters. The first kappa shape index (κ1) is 18.8. The maximum Gasteiger partial charge on any atom is 0.252 e. The molecule has 7 heteroatoms. The molecule has 2 unspecified atom stereocenters. The third kappa shape index (κ3) is 4.31. The largest absolute Gasteiger partial charge is 0.345 e. The van der Waals surface area contributed by atoms with Crippen LogP contribution < -0.4 is 5.32 Å². The lowest BCUT2D eigenvalue weighted by molar-refractivity contribution is 0.0950. The Hall–Kier alpha value is -2.51. The molecule has 1 N–H and O–H groups in total. The second kappa shape index (κ2) is 8.24. The topological polar surface area (TPSA) is 67.8 Å². The summed E-state index contributed by atoms with van der Waals surface area (Å²) in [6, 6.07) is 3.76. The van der Waals surface area contributed by atoms with E-state index in [0.29, 0.717) is 29.8 Å². The van der Waals surface area contributed by atoms with Gasteiger partial charge >= 0.3 is 0 Å². The number of carbonyl (C=O) groups excluding carboxylic acids is 1. The number of aromatic nitrogens is 3. The Kier molecular flexibility index (Phi) is 5.54. The maximum atomic E-state index is 12.4. The van der Waals surface area contributed by atoms with E-state index in [-0.39, 0.29) is 5.91 Å². The summed E-state index contributed by atoms with van der Waals surface area (Å²) in [5, 5.41) is 4.80. The number of carbonyl (C=O) groups is 1. The summed E-state index contributed by atoms with van der Waals surface area (Å²) in [4.78, 5) is 26.9. The lowest BCUT2D eigenvalue weighted by atomic mass is 10.1. The van der Waals surface area contributed by atoms with Crippen LogP contribution in [0.15, 0.2) is 53.3 Å². The summed E-state index contributed by atoms with van der Waals surface area (Å²) >= 11 is 6.14. The Labute approximate surface area is 173 Å². The van der Waals surface area contributed by atoms with Gasteiger partial charge in [-0.05, 0) is 42.5 Å². The van der Waals surface area contributed by atoms with Gasteiger partial charge in [0.25, 0.3) is 5.91 Å². The Morgan fingerprint density at radius 1 is 1.36 bits per heavy atom. The van der Waals surface area contributed by atoms with Crippen molar-refractivity contribution in [2.24, 2.45) is 5.92 Å². The molecule has 1 saturated carbocycles. The Morgan fingerprint density at radius 2 is 2.18 bits per heavy atom. The van der Waals surface area contributed by atoms with Crippen molar-refractivity contribution < 1.29 is 4.79 Å². The number of thiol groups is 1. The highest BCUT2D eigenvalue weighted by Crippen LogP contribution is 2.50. The zero-order valence-corrected chi connectivity index (χ0v) is 17.1. The highest BCUT2D eigenvalue weighted by atomic mass is 32.1. The molecule has 0 radical (unpaired) electrons. The van der Waals surface area contributed by atoms with Crippen LogP contribution in [0.5, 0.6) is 0 Å². The average molecular weight is 409 g/mol. The van der Waals surface area contributed by atoms with Gasteiger partial charge in [-0.1, -0.05) is 12.2 Å². The fraction of sp³-hybridized carbons (Fsp3) is 0.238. The van der Waals surface area contributed by atoms with Crippen molar-refractivity contribution in [3.05, 3.63) is 75.8 Å². The van der Waals surface area contributed by atoms with E-state index < -0.39 is 0 Å². The molecule has 1 amide bonds. The minimum absolute atomic E-state index is 0.0881. The number of hydrogen-bond acceptors (Lipinski definition) is 6. The third-order valence-electron chi connectivity index (χ3n) is 4.79. The van der Waals surface area contributed by atoms with Crippen LogP contribution in [0.1, 0.15) is 44.5 Å².